The highest BCUT2D eigenvalue weighted by atomic mass is 15.0. The van der Waals surface area contributed by atoms with Crippen LogP contribution in [-0.2, 0) is 0 Å². The van der Waals surface area contributed by atoms with Crippen molar-refractivity contribution < 1.29 is 0 Å². The smallest absolute Gasteiger partial charge is 0.141 e. The Hall–Kier alpha value is -2.88. The molecule has 0 aliphatic carbocycles. The van der Waals surface area contributed by atoms with E-state index < -0.39 is 0 Å². The second-order valence-corrected chi connectivity index (χ2v) is 5.43. The molecule has 0 aliphatic heterocycles. The Morgan fingerprint density at radius 1 is 0.909 bits per heavy atom. The predicted octanol–water partition coefficient (Wildman–Crippen LogP) is 4.03. The van der Waals surface area contributed by atoms with Crippen LogP contribution in [0.25, 0.3) is 28.0 Å². The van der Waals surface area contributed by atoms with Gasteiger partial charge >= 0.3 is 0 Å². The van der Waals surface area contributed by atoms with E-state index in [-0.39, 0.29) is 0 Å². The number of hydrogen-bond donors (Lipinski definition) is 1. The number of hydrogen-bond acceptors (Lipinski definition) is 2. The average molecular weight is 288 g/mol. The first-order valence-corrected chi connectivity index (χ1v) is 7.28. The molecule has 0 fully saturated rings. The van der Waals surface area contributed by atoms with Gasteiger partial charge in [-0.3, -0.25) is 0 Å². The minimum atomic E-state index is 0.862. The second-order valence-electron chi connectivity index (χ2n) is 5.43. The standard InChI is InChI=1S/C18H16N4/c1-12-7-8-13(2)22(12)16-6-4-3-5-14(16)17-15-9-10-19-18(15)21-11-20-17/h3-11H,1-2H3,(H,19,20,21). The number of rotatable bonds is 2. The van der Waals surface area contributed by atoms with Gasteiger partial charge in [0.15, 0.2) is 0 Å². The molecule has 0 spiro atoms. The van der Waals surface area contributed by atoms with Crippen LogP contribution in [0.2, 0.25) is 0 Å². The summed E-state index contributed by atoms with van der Waals surface area (Å²) in [6.45, 7) is 4.24. The van der Waals surface area contributed by atoms with Gasteiger partial charge in [0.1, 0.15) is 12.0 Å². The molecule has 0 radical (unpaired) electrons. The van der Waals surface area contributed by atoms with Gasteiger partial charge in [-0.2, -0.15) is 0 Å². The highest BCUT2D eigenvalue weighted by molar-refractivity contribution is 5.92. The van der Waals surface area contributed by atoms with E-state index in [1.165, 1.54) is 11.4 Å². The molecule has 0 amide bonds. The molecular formula is C18H16N4. The lowest BCUT2D eigenvalue weighted by atomic mass is 10.1. The molecule has 4 heteroatoms. The number of nitrogens with zero attached hydrogens (tertiary/aromatic N) is 3. The number of aromatic nitrogens is 4. The lowest BCUT2D eigenvalue weighted by Crippen LogP contribution is -2.02. The van der Waals surface area contributed by atoms with Crippen molar-refractivity contribution in [3.8, 4) is 16.9 Å². The molecule has 4 nitrogen and oxygen atoms in total. The number of aryl methyl sites for hydroxylation is 2. The Labute approximate surface area is 128 Å². The average Bonchev–Trinajstić information content (AvgIpc) is 3.14. The largest absolute Gasteiger partial charge is 0.346 e. The number of benzene rings is 1. The Morgan fingerprint density at radius 2 is 1.68 bits per heavy atom. The number of aromatic amines is 1. The third kappa shape index (κ3) is 1.84. The fourth-order valence-corrected chi connectivity index (χ4v) is 3.00. The molecule has 1 N–H and O–H groups in total. The maximum atomic E-state index is 4.53. The molecule has 1 aromatic carbocycles. The Morgan fingerprint density at radius 3 is 2.50 bits per heavy atom. The molecule has 3 heterocycles. The lowest BCUT2D eigenvalue weighted by Gasteiger charge is -2.14. The van der Waals surface area contributed by atoms with Crippen LogP contribution < -0.4 is 0 Å². The van der Waals surface area contributed by atoms with E-state index in [9.17, 15) is 0 Å². The minimum Gasteiger partial charge on any atom is -0.346 e. The van der Waals surface area contributed by atoms with Gasteiger partial charge in [-0.1, -0.05) is 18.2 Å². The molecule has 4 rings (SSSR count). The quantitative estimate of drug-likeness (QED) is 0.605. The zero-order valence-electron chi connectivity index (χ0n) is 12.5. The fraction of sp³-hybridized carbons (Fsp3) is 0.111. The van der Waals surface area contributed by atoms with E-state index in [2.05, 4.69) is 63.7 Å². The van der Waals surface area contributed by atoms with Crippen LogP contribution in [0.3, 0.4) is 0 Å². The Bertz CT molecular complexity index is 943. The van der Waals surface area contributed by atoms with E-state index in [0.29, 0.717) is 0 Å². The van der Waals surface area contributed by atoms with Crippen LogP contribution in [0.4, 0.5) is 0 Å². The van der Waals surface area contributed by atoms with Crippen molar-refractivity contribution in [2.45, 2.75) is 13.8 Å². The van der Waals surface area contributed by atoms with Crippen molar-refractivity contribution in [2.24, 2.45) is 0 Å². The summed E-state index contributed by atoms with van der Waals surface area (Å²) >= 11 is 0. The van der Waals surface area contributed by atoms with Crippen molar-refractivity contribution in [1.29, 1.82) is 0 Å². The van der Waals surface area contributed by atoms with E-state index in [0.717, 1.165) is 28.0 Å². The van der Waals surface area contributed by atoms with E-state index in [4.69, 9.17) is 0 Å². The van der Waals surface area contributed by atoms with Gasteiger partial charge in [0.25, 0.3) is 0 Å². The third-order valence-electron chi connectivity index (χ3n) is 4.03. The fourth-order valence-electron chi connectivity index (χ4n) is 3.00. The first-order valence-electron chi connectivity index (χ1n) is 7.28. The van der Waals surface area contributed by atoms with Crippen LogP contribution >= 0.6 is 0 Å². The summed E-state index contributed by atoms with van der Waals surface area (Å²) in [4.78, 5) is 12.0. The zero-order chi connectivity index (χ0) is 15.1. The molecule has 0 saturated carbocycles. The van der Waals surface area contributed by atoms with Crippen LogP contribution in [0.5, 0.6) is 0 Å². The van der Waals surface area contributed by atoms with Crippen LogP contribution in [0.15, 0.2) is 55.0 Å². The molecule has 22 heavy (non-hydrogen) atoms. The SMILES string of the molecule is Cc1ccc(C)n1-c1ccccc1-c1ncnc2[nH]ccc12. The lowest BCUT2D eigenvalue weighted by molar-refractivity contribution is 0.966. The molecule has 0 bridgehead atoms. The van der Waals surface area contributed by atoms with Gasteiger partial charge in [-0.15, -0.1) is 0 Å². The molecular weight excluding hydrogens is 272 g/mol. The van der Waals surface area contributed by atoms with Crippen molar-refractivity contribution in [3.05, 3.63) is 66.4 Å². The summed E-state index contributed by atoms with van der Waals surface area (Å²) in [5.74, 6) is 0. The normalized spacial score (nSPS) is 11.2. The molecule has 3 aromatic heterocycles. The maximum Gasteiger partial charge on any atom is 0.141 e. The summed E-state index contributed by atoms with van der Waals surface area (Å²) < 4.78 is 2.26. The molecule has 0 saturated heterocycles. The number of H-pyrrole nitrogens is 1. The third-order valence-corrected chi connectivity index (χ3v) is 4.03. The first-order chi connectivity index (χ1) is 10.8. The minimum absolute atomic E-state index is 0.862. The second kappa shape index (κ2) is 4.84. The maximum absolute atomic E-state index is 4.53. The van der Waals surface area contributed by atoms with Crippen molar-refractivity contribution >= 4 is 11.0 Å². The first kappa shape index (κ1) is 12.8. The molecule has 4 aromatic rings. The van der Waals surface area contributed by atoms with E-state index >= 15 is 0 Å². The van der Waals surface area contributed by atoms with Crippen molar-refractivity contribution in [2.75, 3.05) is 0 Å². The van der Waals surface area contributed by atoms with Crippen LogP contribution in [0.1, 0.15) is 11.4 Å². The highest BCUT2D eigenvalue weighted by Crippen LogP contribution is 2.31. The number of fused-ring (bicyclic) bond motifs is 1. The topological polar surface area (TPSA) is 46.5 Å². The number of nitrogens with one attached hydrogen (secondary N) is 1. The molecule has 0 aliphatic rings. The Balaban J connectivity index is 2.03. The summed E-state index contributed by atoms with van der Waals surface area (Å²) in [5, 5.41) is 1.04. The predicted molar refractivity (Wildman–Crippen MR) is 88.1 cm³/mol. The summed E-state index contributed by atoms with van der Waals surface area (Å²) in [6, 6.07) is 14.7. The molecule has 108 valence electrons. The van der Waals surface area contributed by atoms with Crippen LogP contribution in [0, 0.1) is 13.8 Å². The number of para-hydroxylation sites is 1. The highest BCUT2D eigenvalue weighted by Gasteiger charge is 2.14. The van der Waals surface area contributed by atoms with Gasteiger partial charge in [0, 0.05) is 28.5 Å². The van der Waals surface area contributed by atoms with E-state index in [1.807, 2.05) is 18.3 Å². The van der Waals surface area contributed by atoms with Crippen molar-refractivity contribution in [3.63, 3.8) is 0 Å². The summed E-state index contributed by atoms with van der Waals surface area (Å²) in [7, 11) is 0. The zero-order valence-corrected chi connectivity index (χ0v) is 12.5. The van der Waals surface area contributed by atoms with Gasteiger partial charge in [0.2, 0.25) is 0 Å². The molecule has 0 atom stereocenters. The molecule has 0 unspecified atom stereocenters. The van der Waals surface area contributed by atoms with Gasteiger partial charge < -0.3 is 9.55 Å². The van der Waals surface area contributed by atoms with Crippen molar-refractivity contribution in [1.82, 2.24) is 19.5 Å². The van der Waals surface area contributed by atoms with Gasteiger partial charge in [-0.25, -0.2) is 9.97 Å². The van der Waals surface area contributed by atoms with Gasteiger partial charge in [0.05, 0.1) is 11.4 Å². The Kier molecular flexibility index (Phi) is 2.82. The van der Waals surface area contributed by atoms with E-state index in [1.54, 1.807) is 6.33 Å². The summed E-state index contributed by atoms with van der Waals surface area (Å²) in [5.41, 5.74) is 6.49. The van der Waals surface area contributed by atoms with Crippen LogP contribution in [-0.4, -0.2) is 19.5 Å². The summed E-state index contributed by atoms with van der Waals surface area (Å²) in [6.07, 6.45) is 3.51. The van der Waals surface area contributed by atoms with Gasteiger partial charge in [-0.05, 0) is 38.1 Å². The monoisotopic (exact) mass is 288 g/mol.